The van der Waals surface area contributed by atoms with Crippen LogP contribution in [0.5, 0.6) is 11.5 Å². The Kier molecular flexibility index (Phi) is 11.0. The van der Waals surface area contributed by atoms with Gasteiger partial charge in [0.1, 0.15) is 18.1 Å². The number of carbonyl (C=O) groups is 1. The van der Waals surface area contributed by atoms with Crippen LogP contribution in [0.3, 0.4) is 0 Å². The SMILES string of the molecule is CCOC(=O)[C@H](Cc1ccc(OCCNc2ccccc2C2C3CN(C(=S)Nc4ccccc4C)C[C@H]32)cc1)Oc1ccc(C(C)(C)C)cc1. The highest BCUT2D eigenvalue weighted by Crippen LogP contribution is 2.59. The summed E-state index contributed by atoms with van der Waals surface area (Å²) in [6, 6.07) is 32.7. The molecular formula is C42H49N3O4S. The monoisotopic (exact) mass is 691 g/mol. The zero-order chi connectivity index (χ0) is 35.3. The van der Waals surface area contributed by atoms with Gasteiger partial charge in [-0.05, 0) is 108 Å². The lowest BCUT2D eigenvalue weighted by atomic mass is 9.87. The predicted molar refractivity (Wildman–Crippen MR) is 205 cm³/mol. The first-order valence-electron chi connectivity index (χ1n) is 17.7. The Morgan fingerprint density at radius 2 is 1.52 bits per heavy atom. The molecule has 0 amide bonds. The van der Waals surface area contributed by atoms with Gasteiger partial charge in [0, 0.05) is 37.4 Å². The second kappa shape index (κ2) is 15.5. The van der Waals surface area contributed by atoms with Crippen molar-refractivity contribution < 1.29 is 19.0 Å². The fourth-order valence-corrected chi connectivity index (χ4v) is 7.17. The average molecular weight is 692 g/mol. The van der Waals surface area contributed by atoms with Gasteiger partial charge in [-0.15, -0.1) is 0 Å². The minimum absolute atomic E-state index is 0.0402. The number of anilines is 2. The highest BCUT2D eigenvalue weighted by atomic mass is 32.1. The molecule has 2 aliphatic rings. The van der Waals surface area contributed by atoms with Crippen molar-refractivity contribution in [1.29, 1.82) is 0 Å². The van der Waals surface area contributed by atoms with Gasteiger partial charge in [0.15, 0.2) is 11.2 Å². The summed E-state index contributed by atoms with van der Waals surface area (Å²) in [6.45, 7) is 13.9. The zero-order valence-corrected chi connectivity index (χ0v) is 30.6. The van der Waals surface area contributed by atoms with E-state index < -0.39 is 6.10 Å². The van der Waals surface area contributed by atoms with Crippen molar-refractivity contribution in [2.45, 2.75) is 58.5 Å². The van der Waals surface area contributed by atoms with Crippen molar-refractivity contribution in [3.8, 4) is 11.5 Å². The number of rotatable bonds is 13. The third-order valence-electron chi connectivity index (χ3n) is 9.77. The van der Waals surface area contributed by atoms with E-state index in [1.165, 1.54) is 22.4 Å². The van der Waals surface area contributed by atoms with Crippen molar-refractivity contribution in [3.63, 3.8) is 0 Å². The molecule has 2 N–H and O–H groups in total. The number of carbonyl (C=O) groups excluding carboxylic acids is 1. The highest BCUT2D eigenvalue weighted by molar-refractivity contribution is 7.80. The molecule has 0 aromatic heterocycles. The smallest absolute Gasteiger partial charge is 0.347 e. The van der Waals surface area contributed by atoms with Crippen LogP contribution in [-0.4, -0.2) is 54.9 Å². The second-order valence-electron chi connectivity index (χ2n) is 14.3. The lowest BCUT2D eigenvalue weighted by Crippen LogP contribution is -2.35. The number of piperidine rings is 1. The Hall–Kier alpha value is -4.56. The third kappa shape index (κ3) is 8.59. The minimum Gasteiger partial charge on any atom is -0.492 e. The van der Waals surface area contributed by atoms with Crippen LogP contribution in [0.2, 0.25) is 0 Å². The molecule has 4 aromatic rings. The normalized spacial score (nSPS) is 18.5. The van der Waals surface area contributed by atoms with Gasteiger partial charge in [0.05, 0.1) is 6.61 Å². The minimum atomic E-state index is -0.743. The van der Waals surface area contributed by atoms with Crippen LogP contribution >= 0.6 is 12.2 Å². The van der Waals surface area contributed by atoms with Gasteiger partial charge in [0.2, 0.25) is 0 Å². The number of nitrogens with zero attached hydrogens (tertiary/aromatic N) is 1. The molecule has 2 unspecified atom stereocenters. The number of benzene rings is 4. The van der Waals surface area contributed by atoms with E-state index >= 15 is 0 Å². The van der Waals surface area contributed by atoms with Gasteiger partial charge < -0.3 is 29.7 Å². The van der Waals surface area contributed by atoms with E-state index in [-0.39, 0.29) is 11.4 Å². The van der Waals surface area contributed by atoms with Crippen molar-refractivity contribution in [3.05, 3.63) is 119 Å². The molecule has 1 aliphatic carbocycles. The molecule has 7 nitrogen and oxygen atoms in total. The molecule has 6 rings (SSSR count). The quantitative estimate of drug-likeness (QED) is 0.0824. The fourth-order valence-electron chi connectivity index (χ4n) is 6.91. The third-order valence-corrected chi connectivity index (χ3v) is 10.1. The van der Waals surface area contributed by atoms with Gasteiger partial charge in [-0.1, -0.05) is 81.4 Å². The maximum absolute atomic E-state index is 12.8. The molecule has 1 heterocycles. The summed E-state index contributed by atoms with van der Waals surface area (Å²) in [5.74, 6) is 2.84. The first-order chi connectivity index (χ1) is 24.1. The molecule has 4 aromatic carbocycles. The number of likely N-dealkylation sites (tertiary alicyclic amines) is 1. The van der Waals surface area contributed by atoms with Gasteiger partial charge in [-0.3, -0.25) is 0 Å². The Morgan fingerprint density at radius 3 is 2.18 bits per heavy atom. The maximum Gasteiger partial charge on any atom is 0.347 e. The van der Waals surface area contributed by atoms with Crippen molar-refractivity contribution in [2.24, 2.45) is 11.8 Å². The van der Waals surface area contributed by atoms with Crippen molar-refractivity contribution in [2.75, 3.05) is 43.5 Å². The van der Waals surface area contributed by atoms with Crippen LogP contribution in [-0.2, 0) is 21.4 Å². The van der Waals surface area contributed by atoms with E-state index in [9.17, 15) is 4.79 Å². The summed E-state index contributed by atoms with van der Waals surface area (Å²) in [6.07, 6.45) is -0.346. The number of esters is 1. The topological polar surface area (TPSA) is 72.1 Å². The number of ether oxygens (including phenoxy) is 3. The van der Waals surface area contributed by atoms with Gasteiger partial charge in [-0.25, -0.2) is 4.79 Å². The number of thiocarbonyl (C=S) groups is 1. The van der Waals surface area contributed by atoms with Gasteiger partial charge in [0.25, 0.3) is 0 Å². The Labute approximate surface area is 302 Å². The zero-order valence-electron chi connectivity index (χ0n) is 29.8. The molecule has 262 valence electrons. The molecule has 8 heteroatoms. The van der Waals surface area contributed by atoms with Crippen LogP contribution in [0.1, 0.15) is 55.9 Å². The predicted octanol–water partition coefficient (Wildman–Crippen LogP) is 8.38. The van der Waals surface area contributed by atoms with E-state index in [1.54, 1.807) is 6.92 Å². The molecule has 2 fully saturated rings. The maximum atomic E-state index is 12.8. The number of para-hydroxylation sites is 2. The standard InChI is InChI=1S/C42H49N3O4S/c1-6-47-40(46)38(49-32-21-17-30(18-22-32)42(3,4)5)25-29-15-19-31(20-16-29)48-24-23-43-37-14-10-8-12-33(37)39-34-26-45(27-35(34)39)41(50)44-36-13-9-7-11-28(36)2/h7-22,34-35,38-39,43H,6,23-27H2,1-5H3,(H,44,50)/t34-,35?,38+,39?/m1/s1. The van der Waals surface area contributed by atoms with Crippen molar-refractivity contribution >= 4 is 34.7 Å². The number of aryl methyl sites for hydroxylation is 1. The van der Waals surface area contributed by atoms with E-state index in [1.807, 2.05) is 60.7 Å². The Balaban J connectivity index is 0.971. The van der Waals surface area contributed by atoms with Crippen LogP contribution in [0.15, 0.2) is 97.1 Å². The molecule has 0 spiro atoms. The fraction of sp³-hybridized carbons (Fsp3) is 0.381. The summed E-state index contributed by atoms with van der Waals surface area (Å²) in [7, 11) is 0. The number of hydrogen-bond donors (Lipinski definition) is 2. The lowest BCUT2D eigenvalue weighted by molar-refractivity contribution is -0.151. The summed E-state index contributed by atoms with van der Waals surface area (Å²) in [5, 5.41) is 7.88. The van der Waals surface area contributed by atoms with E-state index in [2.05, 4.69) is 79.6 Å². The summed E-state index contributed by atoms with van der Waals surface area (Å²) in [4.78, 5) is 15.1. The molecular weight excluding hydrogens is 643 g/mol. The summed E-state index contributed by atoms with van der Waals surface area (Å²) in [5.41, 5.74) is 7.05. The largest absolute Gasteiger partial charge is 0.492 e. The van der Waals surface area contributed by atoms with Crippen LogP contribution in [0.4, 0.5) is 11.4 Å². The molecule has 4 atom stereocenters. The number of hydrogen-bond acceptors (Lipinski definition) is 6. The lowest BCUT2D eigenvalue weighted by Gasteiger charge is -2.24. The van der Waals surface area contributed by atoms with Crippen LogP contribution in [0, 0.1) is 18.8 Å². The Morgan fingerprint density at radius 1 is 0.880 bits per heavy atom. The first-order valence-corrected chi connectivity index (χ1v) is 18.1. The number of fused-ring (bicyclic) bond motifs is 1. The average Bonchev–Trinajstić information content (AvgIpc) is 3.59. The highest BCUT2D eigenvalue weighted by Gasteiger charge is 2.57. The van der Waals surface area contributed by atoms with Gasteiger partial charge >= 0.3 is 5.97 Å². The van der Waals surface area contributed by atoms with Crippen molar-refractivity contribution in [1.82, 2.24) is 4.90 Å². The second-order valence-corrected chi connectivity index (χ2v) is 14.7. The van der Waals surface area contributed by atoms with Crippen LogP contribution in [0.25, 0.3) is 0 Å². The molecule has 50 heavy (non-hydrogen) atoms. The van der Waals surface area contributed by atoms with Crippen LogP contribution < -0.4 is 20.1 Å². The summed E-state index contributed by atoms with van der Waals surface area (Å²) < 4.78 is 17.5. The number of nitrogens with one attached hydrogen (secondary N) is 2. The molecule has 1 saturated carbocycles. The molecule has 0 bridgehead atoms. The Bertz CT molecular complexity index is 1760. The molecule has 0 radical (unpaired) electrons. The molecule has 1 saturated heterocycles. The van der Waals surface area contributed by atoms with Gasteiger partial charge in [-0.2, -0.15) is 0 Å². The summed E-state index contributed by atoms with van der Waals surface area (Å²) >= 11 is 5.77. The molecule has 1 aliphatic heterocycles. The van der Waals surface area contributed by atoms with E-state index in [0.717, 1.165) is 35.2 Å². The van der Waals surface area contributed by atoms with E-state index in [0.29, 0.717) is 49.7 Å². The van der Waals surface area contributed by atoms with E-state index in [4.69, 9.17) is 26.4 Å². The first kappa shape index (κ1) is 35.3.